The molecule has 4 aromatic rings. The summed E-state index contributed by atoms with van der Waals surface area (Å²) in [5.41, 5.74) is 9.34. The van der Waals surface area contributed by atoms with Crippen LogP contribution in [0.2, 0.25) is 0 Å². The molecule has 0 aliphatic carbocycles. The second-order valence-corrected chi connectivity index (χ2v) is 7.78. The minimum Gasteiger partial charge on any atom is -0.504 e. The number of nitrogens with zero attached hydrogens (tertiary/aromatic N) is 6. The standard InChI is InChI=1S/C21H20N8O4S/c1-2-32-17-10-13(8-9-16(17)30)11-23-25-21(31)18-15(12-34-14-6-4-3-5-7-14)29(28-24-18)20-19(22)26-33-27-20/h3-11,30H,2,12H2,1H3,(H2,22,26)(H,25,31)/b23-11+. The molecule has 0 saturated heterocycles. The van der Waals surface area contributed by atoms with E-state index in [1.807, 2.05) is 37.3 Å². The number of nitrogens with two attached hydrogens (primary N) is 1. The van der Waals surface area contributed by atoms with E-state index in [1.165, 1.54) is 28.7 Å². The highest BCUT2D eigenvalue weighted by atomic mass is 32.2. The number of nitrogens with one attached hydrogen (secondary N) is 1. The van der Waals surface area contributed by atoms with Crippen LogP contribution < -0.4 is 15.9 Å². The molecule has 0 aliphatic rings. The van der Waals surface area contributed by atoms with Gasteiger partial charge in [-0.2, -0.15) is 9.78 Å². The van der Waals surface area contributed by atoms with Crippen molar-refractivity contribution in [2.24, 2.45) is 5.10 Å². The van der Waals surface area contributed by atoms with Gasteiger partial charge in [0.2, 0.25) is 11.6 Å². The summed E-state index contributed by atoms with van der Waals surface area (Å²) in [5.74, 6) is 0.238. The van der Waals surface area contributed by atoms with Crippen molar-refractivity contribution in [3.63, 3.8) is 0 Å². The number of nitrogen functional groups attached to an aromatic ring is 1. The maximum absolute atomic E-state index is 12.9. The Bertz CT molecular complexity index is 1310. The molecule has 12 nitrogen and oxygen atoms in total. The Morgan fingerprint density at radius 3 is 2.85 bits per heavy atom. The SMILES string of the molecule is CCOc1cc(/C=N/NC(=O)c2nnn(-c3nonc3N)c2CSc2ccccc2)ccc1O. The van der Waals surface area contributed by atoms with Crippen molar-refractivity contribution < 1.29 is 19.3 Å². The number of hydrogen-bond donors (Lipinski definition) is 3. The van der Waals surface area contributed by atoms with Gasteiger partial charge >= 0.3 is 0 Å². The van der Waals surface area contributed by atoms with E-state index in [0.29, 0.717) is 29.4 Å². The fraction of sp³-hybridized carbons (Fsp3) is 0.143. The number of carbonyl (C=O) groups is 1. The molecule has 4 rings (SSSR count). The van der Waals surface area contributed by atoms with Gasteiger partial charge in [0, 0.05) is 10.6 Å². The van der Waals surface area contributed by atoms with E-state index in [0.717, 1.165) is 4.90 Å². The number of hydrazone groups is 1. The lowest BCUT2D eigenvalue weighted by atomic mass is 10.2. The largest absolute Gasteiger partial charge is 0.504 e. The average molecular weight is 481 g/mol. The number of thioether (sulfide) groups is 1. The fourth-order valence-corrected chi connectivity index (χ4v) is 3.80. The number of anilines is 1. The zero-order valence-electron chi connectivity index (χ0n) is 18.0. The minimum absolute atomic E-state index is 0.0123. The molecule has 0 atom stereocenters. The normalized spacial score (nSPS) is 11.1. The third kappa shape index (κ3) is 5.15. The number of rotatable bonds is 9. The van der Waals surface area contributed by atoms with Crippen molar-refractivity contribution in [1.29, 1.82) is 0 Å². The zero-order chi connectivity index (χ0) is 23.9. The Kier molecular flexibility index (Phi) is 7.03. The summed E-state index contributed by atoms with van der Waals surface area (Å²) >= 11 is 1.48. The molecule has 0 saturated carbocycles. The van der Waals surface area contributed by atoms with E-state index in [-0.39, 0.29) is 23.1 Å². The third-order valence-corrected chi connectivity index (χ3v) is 5.48. The molecule has 0 bridgehead atoms. The Balaban J connectivity index is 1.55. The smallest absolute Gasteiger partial charge is 0.293 e. The molecule has 0 unspecified atom stereocenters. The van der Waals surface area contributed by atoms with Crippen molar-refractivity contribution in [2.45, 2.75) is 17.6 Å². The second-order valence-electron chi connectivity index (χ2n) is 6.73. The van der Waals surface area contributed by atoms with Crippen LogP contribution in [0.5, 0.6) is 11.5 Å². The maximum Gasteiger partial charge on any atom is 0.293 e. The molecule has 4 N–H and O–H groups in total. The number of amides is 1. The topological polar surface area (TPSA) is 167 Å². The number of hydrogen-bond acceptors (Lipinski definition) is 11. The number of phenolic OH excluding ortho intramolecular Hbond substituents is 1. The van der Waals surface area contributed by atoms with Crippen LogP contribution in [-0.4, -0.2) is 49.1 Å². The number of ether oxygens (including phenoxy) is 1. The lowest BCUT2D eigenvalue weighted by Gasteiger charge is -2.06. The molecule has 34 heavy (non-hydrogen) atoms. The molecular formula is C21H20N8O4S. The maximum atomic E-state index is 12.9. The van der Waals surface area contributed by atoms with Gasteiger partial charge in [-0.25, -0.2) is 10.1 Å². The molecule has 0 radical (unpaired) electrons. The van der Waals surface area contributed by atoms with Crippen LogP contribution in [0, 0.1) is 0 Å². The summed E-state index contributed by atoms with van der Waals surface area (Å²) < 4.78 is 11.3. The first-order valence-corrected chi connectivity index (χ1v) is 11.1. The average Bonchev–Trinajstić information content (AvgIpc) is 3.46. The molecule has 174 valence electrons. The summed E-state index contributed by atoms with van der Waals surface area (Å²) in [5, 5.41) is 29.1. The van der Waals surface area contributed by atoms with Crippen molar-refractivity contribution in [3.05, 3.63) is 65.5 Å². The van der Waals surface area contributed by atoms with Crippen molar-refractivity contribution in [1.82, 2.24) is 30.7 Å². The first-order chi connectivity index (χ1) is 16.6. The van der Waals surface area contributed by atoms with Crippen molar-refractivity contribution in [3.8, 4) is 17.3 Å². The van der Waals surface area contributed by atoms with Crippen LogP contribution in [0.4, 0.5) is 5.82 Å². The van der Waals surface area contributed by atoms with Crippen LogP contribution in [-0.2, 0) is 5.75 Å². The van der Waals surface area contributed by atoms with Crippen LogP contribution in [0.25, 0.3) is 5.82 Å². The zero-order valence-corrected chi connectivity index (χ0v) is 18.8. The number of aromatic nitrogens is 5. The van der Waals surface area contributed by atoms with Crippen LogP contribution in [0.15, 0.2) is 63.2 Å². The molecule has 2 aromatic heterocycles. The predicted molar refractivity (Wildman–Crippen MR) is 124 cm³/mol. The van der Waals surface area contributed by atoms with E-state index >= 15 is 0 Å². The predicted octanol–water partition coefficient (Wildman–Crippen LogP) is 2.39. The molecule has 2 heterocycles. The summed E-state index contributed by atoms with van der Waals surface area (Å²) in [6, 6.07) is 14.4. The van der Waals surface area contributed by atoms with Gasteiger partial charge < -0.3 is 15.6 Å². The van der Waals surface area contributed by atoms with E-state index in [2.05, 4.69) is 35.8 Å². The Hall–Kier alpha value is -4.39. The molecule has 0 aliphatic heterocycles. The quantitative estimate of drug-likeness (QED) is 0.184. The van der Waals surface area contributed by atoms with Gasteiger partial charge in [-0.15, -0.1) is 16.9 Å². The highest BCUT2D eigenvalue weighted by Gasteiger charge is 2.24. The van der Waals surface area contributed by atoms with Gasteiger partial charge in [0.15, 0.2) is 17.2 Å². The van der Waals surface area contributed by atoms with Gasteiger partial charge in [-0.3, -0.25) is 4.79 Å². The highest BCUT2D eigenvalue weighted by molar-refractivity contribution is 7.98. The van der Waals surface area contributed by atoms with Crippen LogP contribution in [0.1, 0.15) is 28.7 Å². The number of phenols is 1. The monoisotopic (exact) mass is 480 g/mol. The Morgan fingerprint density at radius 2 is 2.12 bits per heavy atom. The highest BCUT2D eigenvalue weighted by Crippen LogP contribution is 2.27. The molecule has 0 fully saturated rings. The molecule has 0 spiro atoms. The van der Waals surface area contributed by atoms with E-state index in [4.69, 9.17) is 10.5 Å². The van der Waals surface area contributed by atoms with E-state index < -0.39 is 5.91 Å². The van der Waals surface area contributed by atoms with Crippen molar-refractivity contribution >= 4 is 29.7 Å². The van der Waals surface area contributed by atoms with Gasteiger partial charge in [0.1, 0.15) is 0 Å². The lowest BCUT2D eigenvalue weighted by molar-refractivity contribution is 0.0949. The van der Waals surface area contributed by atoms with E-state index in [9.17, 15) is 9.90 Å². The van der Waals surface area contributed by atoms with Gasteiger partial charge in [-0.05, 0) is 53.1 Å². The summed E-state index contributed by atoms with van der Waals surface area (Å²) in [4.78, 5) is 13.8. The van der Waals surface area contributed by atoms with Crippen molar-refractivity contribution in [2.75, 3.05) is 12.3 Å². The van der Waals surface area contributed by atoms with Crippen LogP contribution in [0.3, 0.4) is 0 Å². The fourth-order valence-electron chi connectivity index (χ4n) is 2.88. The summed E-state index contributed by atoms with van der Waals surface area (Å²) in [7, 11) is 0. The first-order valence-electron chi connectivity index (χ1n) is 10.1. The number of carbonyl (C=O) groups excluding carboxylic acids is 1. The molecule has 2 aromatic carbocycles. The summed E-state index contributed by atoms with van der Waals surface area (Å²) in [6.07, 6.45) is 1.42. The lowest BCUT2D eigenvalue weighted by Crippen LogP contribution is -2.20. The number of benzene rings is 2. The third-order valence-electron chi connectivity index (χ3n) is 4.46. The first kappa shape index (κ1) is 22.8. The van der Waals surface area contributed by atoms with Crippen LogP contribution >= 0.6 is 11.8 Å². The van der Waals surface area contributed by atoms with Gasteiger partial charge in [0.25, 0.3) is 5.91 Å². The molecular weight excluding hydrogens is 460 g/mol. The Morgan fingerprint density at radius 1 is 1.29 bits per heavy atom. The molecule has 13 heteroatoms. The van der Waals surface area contributed by atoms with Gasteiger partial charge in [0.05, 0.1) is 18.5 Å². The minimum atomic E-state index is -0.579. The summed E-state index contributed by atoms with van der Waals surface area (Å²) in [6.45, 7) is 2.21. The second kappa shape index (κ2) is 10.5. The van der Waals surface area contributed by atoms with E-state index in [1.54, 1.807) is 12.1 Å². The Labute approximate surface area is 197 Å². The number of aromatic hydroxyl groups is 1. The van der Waals surface area contributed by atoms with Gasteiger partial charge in [-0.1, -0.05) is 23.4 Å². The molecule has 1 amide bonds.